The molecule has 6 heteroatoms. The fraction of sp³-hybridized carbons (Fsp3) is 0.259. The Morgan fingerprint density at radius 2 is 1.61 bits per heavy atom. The van der Waals surface area contributed by atoms with Crippen molar-refractivity contribution in [2.24, 2.45) is 0 Å². The first kappa shape index (κ1) is 24.8. The van der Waals surface area contributed by atoms with Crippen molar-refractivity contribution in [1.29, 1.82) is 0 Å². The fourth-order valence-corrected chi connectivity index (χ4v) is 4.07. The maximum Gasteiger partial charge on any atom is 0.243 e. The first-order chi connectivity index (χ1) is 15.9. The summed E-state index contributed by atoms with van der Waals surface area (Å²) in [6, 6.07) is 22.2. The van der Waals surface area contributed by atoms with Crippen molar-refractivity contribution < 1.29 is 9.59 Å². The monoisotopic (exact) mass is 482 g/mol. The number of benzene rings is 3. The molecule has 2 amide bonds. The van der Waals surface area contributed by atoms with E-state index in [1.54, 1.807) is 17.0 Å². The van der Waals surface area contributed by atoms with Crippen molar-refractivity contribution in [3.63, 3.8) is 0 Å². The number of hydrogen-bond acceptors (Lipinski definition) is 2. The van der Waals surface area contributed by atoms with Gasteiger partial charge in [0.25, 0.3) is 0 Å². The lowest BCUT2D eigenvalue weighted by atomic mass is 10.0. The predicted octanol–water partition coefficient (Wildman–Crippen LogP) is 5.62. The molecule has 1 atom stereocenters. The topological polar surface area (TPSA) is 49.4 Å². The Morgan fingerprint density at radius 1 is 0.909 bits per heavy atom. The summed E-state index contributed by atoms with van der Waals surface area (Å²) in [6.07, 6.45) is 0.617. The highest BCUT2D eigenvalue weighted by Gasteiger charge is 2.30. The Hall–Kier alpha value is -2.82. The molecule has 3 rings (SSSR count). The Balaban J connectivity index is 1.98. The van der Waals surface area contributed by atoms with Gasteiger partial charge in [-0.1, -0.05) is 83.9 Å². The maximum absolute atomic E-state index is 13.6. The Morgan fingerprint density at radius 3 is 2.27 bits per heavy atom. The highest BCUT2D eigenvalue weighted by Crippen LogP contribution is 2.25. The summed E-state index contributed by atoms with van der Waals surface area (Å²) in [5.41, 5.74) is 3.77. The number of nitrogens with one attached hydrogen (secondary N) is 1. The maximum atomic E-state index is 13.6. The molecule has 0 aliphatic rings. The van der Waals surface area contributed by atoms with Crippen LogP contribution in [0.3, 0.4) is 0 Å². The molecule has 0 aliphatic carbocycles. The number of likely N-dealkylation sites (N-methyl/N-ethyl adjacent to an activating group) is 1. The first-order valence-corrected chi connectivity index (χ1v) is 11.7. The van der Waals surface area contributed by atoms with E-state index in [-0.39, 0.29) is 24.8 Å². The van der Waals surface area contributed by atoms with E-state index in [1.165, 1.54) is 0 Å². The zero-order valence-corrected chi connectivity index (χ0v) is 20.4. The summed E-state index contributed by atoms with van der Waals surface area (Å²) in [5, 5.41) is 3.76. The lowest BCUT2D eigenvalue weighted by molar-refractivity contribution is -0.140. The van der Waals surface area contributed by atoms with E-state index in [1.807, 2.05) is 74.5 Å². The summed E-state index contributed by atoms with van der Waals surface area (Å²) < 4.78 is 0. The van der Waals surface area contributed by atoms with E-state index in [2.05, 4.69) is 5.32 Å². The minimum absolute atomic E-state index is 0.123. The molecule has 33 heavy (non-hydrogen) atoms. The van der Waals surface area contributed by atoms with Crippen LogP contribution in [0.5, 0.6) is 0 Å². The highest BCUT2D eigenvalue weighted by atomic mass is 35.5. The van der Waals surface area contributed by atoms with Gasteiger partial charge in [0.2, 0.25) is 11.8 Å². The third kappa shape index (κ3) is 6.83. The van der Waals surface area contributed by atoms with E-state index < -0.39 is 6.04 Å². The van der Waals surface area contributed by atoms with Crippen LogP contribution < -0.4 is 5.32 Å². The molecule has 3 aromatic carbocycles. The van der Waals surface area contributed by atoms with Crippen LogP contribution in [0.2, 0.25) is 10.0 Å². The average Bonchev–Trinajstić information content (AvgIpc) is 2.80. The number of carbonyl (C=O) groups is 2. The second-order valence-electron chi connectivity index (χ2n) is 7.97. The Kier molecular flexibility index (Phi) is 8.93. The molecule has 0 saturated heterocycles. The van der Waals surface area contributed by atoms with Crippen LogP contribution in [0, 0.1) is 6.92 Å². The normalized spacial score (nSPS) is 11.6. The third-order valence-electron chi connectivity index (χ3n) is 5.56. The molecule has 0 aliphatic heterocycles. The van der Waals surface area contributed by atoms with Crippen LogP contribution in [0.25, 0.3) is 0 Å². The van der Waals surface area contributed by atoms with Crippen LogP contribution in [-0.2, 0) is 29.0 Å². The second kappa shape index (κ2) is 11.9. The van der Waals surface area contributed by atoms with E-state index in [4.69, 9.17) is 23.2 Å². The third-order valence-corrected chi connectivity index (χ3v) is 6.30. The number of nitrogens with zero attached hydrogens (tertiary/aromatic N) is 1. The molecular weight excluding hydrogens is 455 g/mol. The summed E-state index contributed by atoms with van der Waals surface area (Å²) in [6.45, 7) is 4.58. The standard InChI is InChI=1S/C27H28Cl2N2O2/c1-3-30-27(33)25(16-20-10-5-4-6-11-20)31(18-21-13-14-23(28)24(29)15-21)26(32)17-22-12-8-7-9-19(22)2/h4-15,25H,3,16-18H2,1-2H3,(H,30,33)/t25-/m1/s1. The number of hydrogen-bond donors (Lipinski definition) is 1. The van der Waals surface area contributed by atoms with Crippen molar-refractivity contribution in [2.75, 3.05) is 6.54 Å². The zero-order valence-electron chi connectivity index (χ0n) is 18.9. The van der Waals surface area contributed by atoms with E-state index in [0.29, 0.717) is 23.0 Å². The molecule has 4 nitrogen and oxygen atoms in total. The van der Waals surface area contributed by atoms with Crippen LogP contribution in [0.4, 0.5) is 0 Å². The molecule has 0 spiro atoms. The van der Waals surface area contributed by atoms with E-state index >= 15 is 0 Å². The lowest BCUT2D eigenvalue weighted by Crippen LogP contribution is -2.51. The molecule has 0 aromatic heterocycles. The Bertz CT molecular complexity index is 1100. The predicted molar refractivity (Wildman–Crippen MR) is 135 cm³/mol. The van der Waals surface area contributed by atoms with Crippen molar-refractivity contribution in [1.82, 2.24) is 10.2 Å². The van der Waals surface area contributed by atoms with Gasteiger partial charge in [0, 0.05) is 19.5 Å². The second-order valence-corrected chi connectivity index (χ2v) is 8.79. The molecule has 0 bridgehead atoms. The Labute approximate surface area is 205 Å². The van der Waals surface area contributed by atoms with Gasteiger partial charge < -0.3 is 10.2 Å². The van der Waals surface area contributed by atoms with Gasteiger partial charge >= 0.3 is 0 Å². The average molecular weight is 483 g/mol. The SMILES string of the molecule is CCNC(=O)[C@@H](Cc1ccccc1)N(Cc1ccc(Cl)c(Cl)c1)C(=O)Cc1ccccc1C. The molecule has 0 fully saturated rings. The summed E-state index contributed by atoms with van der Waals surface area (Å²) in [4.78, 5) is 28.5. The minimum Gasteiger partial charge on any atom is -0.355 e. The van der Waals surface area contributed by atoms with Crippen LogP contribution >= 0.6 is 23.2 Å². The molecule has 172 valence electrons. The molecule has 0 radical (unpaired) electrons. The number of carbonyl (C=O) groups excluding carboxylic acids is 2. The van der Waals surface area contributed by atoms with E-state index in [0.717, 1.165) is 22.3 Å². The van der Waals surface area contributed by atoms with Crippen LogP contribution in [-0.4, -0.2) is 29.3 Å². The quantitative estimate of drug-likeness (QED) is 0.430. The van der Waals surface area contributed by atoms with Gasteiger partial charge in [0.1, 0.15) is 6.04 Å². The molecule has 3 aromatic rings. The zero-order chi connectivity index (χ0) is 23.8. The van der Waals surface area contributed by atoms with E-state index in [9.17, 15) is 9.59 Å². The van der Waals surface area contributed by atoms with Crippen LogP contribution in [0.1, 0.15) is 29.2 Å². The number of halogens is 2. The van der Waals surface area contributed by atoms with Crippen molar-refractivity contribution in [2.45, 2.75) is 39.3 Å². The van der Waals surface area contributed by atoms with Gasteiger partial charge in [-0.2, -0.15) is 0 Å². The summed E-state index contributed by atoms with van der Waals surface area (Å²) in [7, 11) is 0. The largest absolute Gasteiger partial charge is 0.355 e. The molecule has 1 N–H and O–H groups in total. The molecular formula is C27H28Cl2N2O2. The molecule has 0 unspecified atom stereocenters. The van der Waals surface area contributed by atoms with Gasteiger partial charge in [-0.05, 0) is 48.2 Å². The number of aryl methyl sites for hydroxylation is 1. The first-order valence-electron chi connectivity index (χ1n) is 11.0. The minimum atomic E-state index is -0.668. The molecule has 0 saturated carbocycles. The van der Waals surface area contributed by atoms with Crippen molar-refractivity contribution in [3.8, 4) is 0 Å². The van der Waals surface area contributed by atoms with Gasteiger partial charge in [-0.25, -0.2) is 0 Å². The van der Waals surface area contributed by atoms with Gasteiger partial charge in [-0.3, -0.25) is 9.59 Å². The number of amides is 2. The van der Waals surface area contributed by atoms with Crippen molar-refractivity contribution in [3.05, 3.63) is 105 Å². The highest BCUT2D eigenvalue weighted by molar-refractivity contribution is 6.42. The van der Waals surface area contributed by atoms with Crippen molar-refractivity contribution >= 4 is 35.0 Å². The van der Waals surface area contributed by atoms with Gasteiger partial charge in [0.15, 0.2) is 0 Å². The summed E-state index contributed by atoms with van der Waals surface area (Å²) >= 11 is 12.3. The number of rotatable bonds is 9. The summed E-state index contributed by atoms with van der Waals surface area (Å²) in [5.74, 6) is -0.304. The fourth-order valence-electron chi connectivity index (χ4n) is 3.75. The van der Waals surface area contributed by atoms with Crippen LogP contribution in [0.15, 0.2) is 72.8 Å². The lowest BCUT2D eigenvalue weighted by Gasteiger charge is -2.32. The smallest absolute Gasteiger partial charge is 0.243 e. The van der Waals surface area contributed by atoms with Gasteiger partial charge in [0.05, 0.1) is 16.5 Å². The molecule has 0 heterocycles. The van der Waals surface area contributed by atoms with Gasteiger partial charge in [-0.15, -0.1) is 0 Å².